The number of hydrogen-bond donors (Lipinski definition) is 2. The molecule has 0 saturated heterocycles. The lowest BCUT2D eigenvalue weighted by atomic mass is 9.92. The van der Waals surface area contributed by atoms with Crippen molar-refractivity contribution in [3.8, 4) is 0 Å². The highest BCUT2D eigenvalue weighted by Gasteiger charge is 2.28. The van der Waals surface area contributed by atoms with Gasteiger partial charge in [-0.05, 0) is 38.1 Å². The average Bonchev–Trinajstić information content (AvgIpc) is 2.28. The monoisotopic (exact) mass is 239 g/mol. The molecule has 1 aromatic rings. The normalized spacial score (nSPS) is 11.1. The van der Waals surface area contributed by atoms with Crippen LogP contribution in [0.4, 0.5) is 10.1 Å². The molecule has 94 valence electrons. The van der Waals surface area contributed by atoms with Gasteiger partial charge in [-0.25, -0.2) is 10.2 Å². The number of hydrogen-bond acceptors (Lipinski definition) is 3. The Hall–Kier alpha value is -1.62. The van der Waals surface area contributed by atoms with E-state index in [-0.39, 0.29) is 11.7 Å². The molecule has 1 rings (SSSR count). The molecule has 0 heterocycles. The lowest BCUT2D eigenvalue weighted by Gasteiger charge is -2.29. The third-order valence-electron chi connectivity index (χ3n) is 2.65. The van der Waals surface area contributed by atoms with Crippen LogP contribution < -0.4 is 16.2 Å². The molecule has 0 radical (unpaired) electrons. The molecule has 0 fully saturated rings. The van der Waals surface area contributed by atoms with E-state index < -0.39 is 5.41 Å². The van der Waals surface area contributed by atoms with Gasteiger partial charge in [0.25, 0.3) is 0 Å². The number of nitrogens with two attached hydrogens (primary N) is 1. The molecule has 0 aliphatic heterocycles. The molecule has 4 nitrogen and oxygen atoms in total. The highest BCUT2D eigenvalue weighted by Crippen LogP contribution is 2.21. The van der Waals surface area contributed by atoms with Crippen LogP contribution in [-0.4, -0.2) is 19.5 Å². The zero-order valence-corrected chi connectivity index (χ0v) is 10.3. The molecule has 1 amide bonds. The molecule has 17 heavy (non-hydrogen) atoms. The summed E-state index contributed by atoms with van der Waals surface area (Å²) in [5.74, 6) is 4.62. The number of carbonyl (C=O) groups excluding carboxylic acids is 1. The van der Waals surface area contributed by atoms with Crippen LogP contribution in [0.25, 0.3) is 0 Å². The van der Waals surface area contributed by atoms with Crippen LogP contribution in [-0.2, 0) is 4.79 Å². The maximum atomic E-state index is 12.8. The van der Waals surface area contributed by atoms with E-state index in [0.29, 0.717) is 6.54 Å². The van der Waals surface area contributed by atoms with E-state index in [1.807, 2.05) is 11.9 Å². The minimum Gasteiger partial charge on any atom is -0.374 e. The number of nitrogens with zero attached hydrogens (tertiary/aromatic N) is 1. The van der Waals surface area contributed by atoms with Crippen LogP contribution in [0.3, 0.4) is 0 Å². The fourth-order valence-corrected chi connectivity index (χ4v) is 1.65. The number of benzene rings is 1. The third kappa shape index (κ3) is 3.42. The van der Waals surface area contributed by atoms with Gasteiger partial charge in [-0.15, -0.1) is 0 Å². The molecule has 0 spiro atoms. The Bertz CT molecular complexity index is 389. The molecular formula is C12H18FN3O. The van der Waals surface area contributed by atoms with Crippen molar-refractivity contribution in [1.82, 2.24) is 5.43 Å². The summed E-state index contributed by atoms with van der Waals surface area (Å²) in [7, 11) is 1.85. The molecule has 0 unspecified atom stereocenters. The van der Waals surface area contributed by atoms with Crippen molar-refractivity contribution >= 4 is 11.6 Å². The molecule has 0 aliphatic carbocycles. The van der Waals surface area contributed by atoms with Crippen LogP contribution in [0.5, 0.6) is 0 Å². The summed E-state index contributed by atoms with van der Waals surface area (Å²) in [6.07, 6.45) is 0. The van der Waals surface area contributed by atoms with E-state index in [9.17, 15) is 9.18 Å². The predicted octanol–water partition coefficient (Wildman–Crippen LogP) is 1.28. The van der Waals surface area contributed by atoms with Crippen LogP contribution >= 0.6 is 0 Å². The third-order valence-corrected chi connectivity index (χ3v) is 2.65. The molecule has 0 bridgehead atoms. The molecule has 1 aromatic carbocycles. The van der Waals surface area contributed by atoms with Gasteiger partial charge >= 0.3 is 0 Å². The zero-order chi connectivity index (χ0) is 13.1. The van der Waals surface area contributed by atoms with E-state index in [0.717, 1.165) is 5.69 Å². The summed E-state index contributed by atoms with van der Waals surface area (Å²) < 4.78 is 12.8. The minimum absolute atomic E-state index is 0.230. The number of carbonyl (C=O) groups is 1. The van der Waals surface area contributed by atoms with Crippen molar-refractivity contribution in [2.24, 2.45) is 11.3 Å². The van der Waals surface area contributed by atoms with Crippen molar-refractivity contribution in [2.75, 3.05) is 18.5 Å². The maximum absolute atomic E-state index is 12.8. The van der Waals surface area contributed by atoms with Crippen molar-refractivity contribution in [2.45, 2.75) is 13.8 Å². The molecule has 0 aliphatic rings. The van der Waals surface area contributed by atoms with Crippen molar-refractivity contribution in [1.29, 1.82) is 0 Å². The number of rotatable bonds is 4. The summed E-state index contributed by atoms with van der Waals surface area (Å²) >= 11 is 0. The Morgan fingerprint density at radius 3 is 2.41 bits per heavy atom. The van der Waals surface area contributed by atoms with Crippen LogP contribution in [0.15, 0.2) is 24.3 Å². The summed E-state index contributed by atoms with van der Waals surface area (Å²) in [5.41, 5.74) is 2.38. The van der Waals surface area contributed by atoms with Crippen molar-refractivity contribution in [3.05, 3.63) is 30.1 Å². The molecule has 0 atom stereocenters. The summed E-state index contributed by atoms with van der Waals surface area (Å²) in [5, 5.41) is 0. The smallest absolute Gasteiger partial charge is 0.241 e. The summed E-state index contributed by atoms with van der Waals surface area (Å²) in [6, 6.07) is 6.13. The Morgan fingerprint density at radius 1 is 1.41 bits per heavy atom. The van der Waals surface area contributed by atoms with E-state index in [1.165, 1.54) is 12.1 Å². The lowest BCUT2D eigenvalue weighted by Crippen LogP contribution is -2.46. The average molecular weight is 239 g/mol. The fourth-order valence-electron chi connectivity index (χ4n) is 1.65. The van der Waals surface area contributed by atoms with E-state index in [2.05, 4.69) is 5.43 Å². The van der Waals surface area contributed by atoms with E-state index in [1.54, 1.807) is 26.0 Å². The second-order valence-electron chi connectivity index (χ2n) is 4.69. The Balaban J connectivity index is 2.75. The predicted molar refractivity (Wildman–Crippen MR) is 65.8 cm³/mol. The second kappa shape index (κ2) is 5.14. The highest BCUT2D eigenvalue weighted by molar-refractivity contribution is 5.81. The number of anilines is 1. The highest BCUT2D eigenvalue weighted by atomic mass is 19.1. The molecular weight excluding hydrogens is 221 g/mol. The molecule has 5 heteroatoms. The van der Waals surface area contributed by atoms with Crippen molar-refractivity contribution < 1.29 is 9.18 Å². The van der Waals surface area contributed by atoms with E-state index in [4.69, 9.17) is 5.84 Å². The first-order valence-electron chi connectivity index (χ1n) is 5.34. The number of amides is 1. The topological polar surface area (TPSA) is 58.4 Å². The van der Waals surface area contributed by atoms with Gasteiger partial charge < -0.3 is 4.90 Å². The van der Waals surface area contributed by atoms with Gasteiger partial charge in [-0.2, -0.15) is 0 Å². The number of hydrazine groups is 1. The fraction of sp³-hybridized carbons (Fsp3) is 0.417. The second-order valence-corrected chi connectivity index (χ2v) is 4.69. The lowest BCUT2D eigenvalue weighted by molar-refractivity contribution is -0.128. The molecule has 0 saturated carbocycles. The Kier molecular flexibility index (Phi) is 4.07. The molecule has 0 aromatic heterocycles. The van der Waals surface area contributed by atoms with Gasteiger partial charge in [0, 0.05) is 19.3 Å². The van der Waals surface area contributed by atoms with Crippen LogP contribution in [0.2, 0.25) is 0 Å². The maximum Gasteiger partial charge on any atom is 0.241 e. The number of halogens is 1. The summed E-state index contributed by atoms with van der Waals surface area (Å²) in [4.78, 5) is 13.4. The van der Waals surface area contributed by atoms with Crippen molar-refractivity contribution in [3.63, 3.8) is 0 Å². The molecule has 3 N–H and O–H groups in total. The number of nitrogens with one attached hydrogen (secondary N) is 1. The van der Waals surface area contributed by atoms with Gasteiger partial charge in [0.1, 0.15) is 5.82 Å². The standard InChI is InChI=1S/C12H18FN3O/c1-12(2,11(17)15-14)8-16(3)10-6-4-9(13)5-7-10/h4-7H,8,14H2,1-3H3,(H,15,17). The first kappa shape index (κ1) is 13.4. The summed E-state index contributed by atoms with van der Waals surface area (Å²) in [6.45, 7) is 4.09. The van der Waals surface area contributed by atoms with E-state index >= 15 is 0 Å². The SMILES string of the molecule is CN(CC(C)(C)C(=O)NN)c1ccc(F)cc1. The van der Waals surface area contributed by atoms with Gasteiger partial charge in [-0.3, -0.25) is 10.2 Å². The largest absolute Gasteiger partial charge is 0.374 e. The first-order chi connectivity index (χ1) is 7.86. The van der Waals surface area contributed by atoms with Gasteiger partial charge in [-0.1, -0.05) is 0 Å². The van der Waals surface area contributed by atoms with Crippen LogP contribution in [0.1, 0.15) is 13.8 Å². The van der Waals surface area contributed by atoms with Gasteiger partial charge in [0.15, 0.2) is 0 Å². The first-order valence-corrected chi connectivity index (χ1v) is 5.34. The minimum atomic E-state index is -0.613. The van der Waals surface area contributed by atoms with Gasteiger partial charge in [0.05, 0.1) is 5.41 Å². The Morgan fingerprint density at radius 2 is 1.94 bits per heavy atom. The quantitative estimate of drug-likeness (QED) is 0.473. The Labute approximate surface area is 101 Å². The zero-order valence-electron chi connectivity index (χ0n) is 10.3. The van der Waals surface area contributed by atoms with Crippen LogP contribution in [0, 0.1) is 11.2 Å². The van der Waals surface area contributed by atoms with Gasteiger partial charge in [0.2, 0.25) is 5.91 Å².